The van der Waals surface area contributed by atoms with Crippen LogP contribution in [-0.4, -0.2) is 13.4 Å². The highest BCUT2D eigenvalue weighted by atomic mass is 127. The van der Waals surface area contributed by atoms with Crippen molar-refractivity contribution >= 4 is 67.1 Å². The fourth-order valence-electron chi connectivity index (χ4n) is 1.59. The molecule has 0 saturated carbocycles. The van der Waals surface area contributed by atoms with Crippen molar-refractivity contribution in [3.8, 4) is 0 Å². The summed E-state index contributed by atoms with van der Waals surface area (Å²) in [5, 5.41) is 0.540. The molecule has 0 aliphatic carbocycles. The lowest BCUT2D eigenvalue weighted by Crippen LogP contribution is -2.15. The van der Waals surface area contributed by atoms with Gasteiger partial charge >= 0.3 is 0 Å². The number of benzene rings is 2. The number of hydrogen-bond donors (Lipinski definition) is 2. The van der Waals surface area contributed by atoms with Crippen molar-refractivity contribution in [2.24, 2.45) is 5.73 Å². The van der Waals surface area contributed by atoms with E-state index < -0.39 is 10.0 Å². The molecule has 2 aromatic carbocycles. The molecule has 0 spiro atoms. The summed E-state index contributed by atoms with van der Waals surface area (Å²) >= 11 is 12.7. The monoisotopic (exact) mass is 452 g/mol. The molecule has 0 bridgehead atoms. The quantitative estimate of drug-likeness (QED) is 0.551. The van der Waals surface area contributed by atoms with E-state index in [1.54, 1.807) is 30.3 Å². The van der Waals surface area contributed by atoms with Gasteiger partial charge in [-0.25, -0.2) is 8.42 Å². The summed E-state index contributed by atoms with van der Waals surface area (Å²) in [5.74, 6) is 0. The van der Waals surface area contributed by atoms with Crippen LogP contribution in [0.2, 0.25) is 5.02 Å². The van der Waals surface area contributed by atoms with Gasteiger partial charge in [-0.3, -0.25) is 4.72 Å². The molecule has 0 aromatic heterocycles. The second-order valence-electron chi connectivity index (χ2n) is 4.12. The SMILES string of the molecule is NC(=S)c1cccc(S(=O)(=O)Nc2ccc(Cl)cc2I)c1. The number of rotatable bonds is 4. The van der Waals surface area contributed by atoms with Crippen molar-refractivity contribution in [2.45, 2.75) is 4.90 Å². The molecule has 21 heavy (non-hydrogen) atoms. The van der Waals surface area contributed by atoms with Crippen molar-refractivity contribution in [3.05, 3.63) is 56.6 Å². The van der Waals surface area contributed by atoms with Crippen LogP contribution in [-0.2, 0) is 10.0 Å². The van der Waals surface area contributed by atoms with Crippen LogP contribution in [0.5, 0.6) is 0 Å². The Bertz CT molecular complexity index is 810. The van der Waals surface area contributed by atoms with Gasteiger partial charge in [0.2, 0.25) is 0 Å². The summed E-state index contributed by atoms with van der Waals surface area (Å²) in [5.41, 5.74) is 6.48. The van der Waals surface area contributed by atoms with Gasteiger partial charge < -0.3 is 5.73 Å². The lowest BCUT2D eigenvalue weighted by atomic mass is 10.2. The Hall–Kier alpha value is -0.900. The van der Waals surface area contributed by atoms with E-state index >= 15 is 0 Å². The summed E-state index contributed by atoms with van der Waals surface area (Å²) in [6, 6.07) is 11.1. The van der Waals surface area contributed by atoms with E-state index in [0.29, 0.717) is 19.8 Å². The summed E-state index contributed by atoms with van der Waals surface area (Å²) in [7, 11) is -3.72. The molecule has 2 aromatic rings. The molecule has 2 rings (SSSR count). The Morgan fingerprint density at radius 1 is 1.24 bits per heavy atom. The number of nitrogens with two attached hydrogens (primary N) is 1. The Labute approximate surface area is 146 Å². The first-order valence-corrected chi connectivity index (χ1v) is 9.02. The minimum Gasteiger partial charge on any atom is -0.389 e. The van der Waals surface area contributed by atoms with Crippen LogP contribution in [0.1, 0.15) is 5.56 Å². The first-order valence-electron chi connectivity index (χ1n) is 5.67. The maximum atomic E-state index is 12.4. The molecule has 0 unspecified atom stereocenters. The van der Waals surface area contributed by atoms with Gasteiger partial charge in [0.25, 0.3) is 10.0 Å². The Kier molecular flexibility index (Phi) is 5.07. The van der Waals surface area contributed by atoms with Crippen LogP contribution in [0.25, 0.3) is 0 Å². The van der Waals surface area contributed by atoms with Crippen LogP contribution in [0.3, 0.4) is 0 Å². The molecule has 0 fully saturated rings. The lowest BCUT2D eigenvalue weighted by Gasteiger charge is -2.11. The summed E-state index contributed by atoms with van der Waals surface area (Å²) in [6.45, 7) is 0. The Morgan fingerprint density at radius 2 is 1.95 bits per heavy atom. The molecule has 110 valence electrons. The van der Waals surface area contributed by atoms with Gasteiger partial charge in [-0.15, -0.1) is 0 Å². The van der Waals surface area contributed by atoms with Crippen LogP contribution >= 0.6 is 46.4 Å². The molecule has 0 aliphatic rings. The van der Waals surface area contributed by atoms with E-state index in [-0.39, 0.29) is 9.88 Å². The topological polar surface area (TPSA) is 72.2 Å². The number of halogens is 2. The smallest absolute Gasteiger partial charge is 0.261 e. The van der Waals surface area contributed by atoms with Gasteiger partial charge in [0.05, 0.1) is 10.6 Å². The number of sulfonamides is 1. The molecule has 0 heterocycles. The molecular formula is C13H10ClIN2O2S2. The van der Waals surface area contributed by atoms with E-state index in [9.17, 15) is 8.42 Å². The summed E-state index contributed by atoms with van der Waals surface area (Å²) in [4.78, 5) is 0.242. The predicted octanol–water partition coefficient (Wildman–Crippen LogP) is 3.38. The highest BCUT2D eigenvalue weighted by molar-refractivity contribution is 14.1. The Morgan fingerprint density at radius 3 is 2.57 bits per heavy atom. The second kappa shape index (κ2) is 6.47. The lowest BCUT2D eigenvalue weighted by molar-refractivity contribution is 0.601. The molecule has 0 amide bonds. The normalized spacial score (nSPS) is 11.1. The average Bonchev–Trinajstić information content (AvgIpc) is 2.42. The molecule has 8 heteroatoms. The van der Waals surface area contributed by atoms with Crippen molar-refractivity contribution < 1.29 is 8.42 Å². The highest BCUT2D eigenvalue weighted by Crippen LogP contribution is 2.25. The van der Waals surface area contributed by atoms with Crippen molar-refractivity contribution in [2.75, 3.05) is 4.72 Å². The van der Waals surface area contributed by atoms with Gasteiger partial charge in [0.15, 0.2) is 0 Å². The summed E-state index contributed by atoms with van der Waals surface area (Å²) < 4.78 is 28.0. The fraction of sp³-hybridized carbons (Fsp3) is 0. The van der Waals surface area contributed by atoms with E-state index in [1.807, 2.05) is 22.6 Å². The van der Waals surface area contributed by atoms with E-state index in [1.165, 1.54) is 12.1 Å². The number of hydrogen-bond acceptors (Lipinski definition) is 3. The molecule has 0 aliphatic heterocycles. The third-order valence-corrected chi connectivity index (χ3v) is 5.33. The zero-order valence-electron chi connectivity index (χ0n) is 10.5. The molecule has 0 saturated heterocycles. The minimum absolute atomic E-state index is 0.0959. The third-order valence-electron chi connectivity index (χ3n) is 2.60. The minimum atomic E-state index is -3.72. The van der Waals surface area contributed by atoms with Crippen molar-refractivity contribution in [1.82, 2.24) is 0 Å². The second-order valence-corrected chi connectivity index (χ2v) is 7.84. The van der Waals surface area contributed by atoms with Crippen LogP contribution in [0, 0.1) is 3.57 Å². The van der Waals surface area contributed by atoms with Crippen LogP contribution in [0.15, 0.2) is 47.4 Å². The maximum Gasteiger partial charge on any atom is 0.261 e. The largest absolute Gasteiger partial charge is 0.389 e. The summed E-state index contributed by atoms with van der Waals surface area (Å²) in [6.07, 6.45) is 0. The van der Waals surface area contributed by atoms with Crippen molar-refractivity contribution in [3.63, 3.8) is 0 Å². The van der Waals surface area contributed by atoms with E-state index in [2.05, 4.69) is 4.72 Å². The van der Waals surface area contributed by atoms with Crippen LogP contribution in [0.4, 0.5) is 5.69 Å². The van der Waals surface area contributed by atoms with Gasteiger partial charge in [0, 0.05) is 14.2 Å². The van der Waals surface area contributed by atoms with Gasteiger partial charge in [-0.1, -0.05) is 36.0 Å². The van der Waals surface area contributed by atoms with Crippen LogP contribution < -0.4 is 10.5 Å². The predicted molar refractivity (Wildman–Crippen MR) is 97.3 cm³/mol. The zero-order chi connectivity index (χ0) is 15.6. The zero-order valence-corrected chi connectivity index (χ0v) is 15.1. The molecule has 0 atom stereocenters. The van der Waals surface area contributed by atoms with Gasteiger partial charge in [-0.2, -0.15) is 0 Å². The van der Waals surface area contributed by atoms with Crippen molar-refractivity contribution in [1.29, 1.82) is 0 Å². The molecule has 4 nitrogen and oxygen atoms in total. The molecule has 0 radical (unpaired) electrons. The number of anilines is 1. The van der Waals surface area contributed by atoms with Gasteiger partial charge in [-0.05, 0) is 52.9 Å². The first kappa shape index (κ1) is 16.5. The van der Waals surface area contributed by atoms with E-state index in [4.69, 9.17) is 29.6 Å². The maximum absolute atomic E-state index is 12.4. The molecular weight excluding hydrogens is 443 g/mol. The fourth-order valence-corrected chi connectivity index (χ4v) is 4.03. The number of nitrogens with one attached hydrogen (secondary N) is 1. The highest BCUT2D eigenvalue weighted by Gasteiger charge is 2.16. The Balaban J connectivity index is 2.38. The standard InChI is InChI=1S/C13H10ClIN2O2S2/c14-9-4-5-12(11(15)7-9)17-21(18,19)10-3-1-2-8(6-10)13(16)20/h1-7,17H,(H2,16,20). The third kappa shape index (κ3) is 4.06. The average molecular weight is 453 g/mol. The molecule has 3 N–H and O–H groups in total. The first-order chi connectivity index (χ1) is 9.79. The van der Waals surface area contributed by atoms with E-state index in [0.717, 1.165) is 0 Å². The van der Waals surface area contributed by atoms with Gasteiger partial charge in [0.1, 0.15) is 4.99 Å². The number of thiocarbonyl (C=S) groups is 1.